The van der Waals surface area contributed by atoms with Crippen molar-refractivity contribution in [3.05, 3.63) is 0 Å². The van der Waals surface area contributed by atoms with Gasteiger partial charge in [0.15, 0.2) is 0 Å². The third-order valence-electron chi connectivity index (χ3n) is 10.7. The molecule has 0 amide bonds. The second-order valence-electron chi connectivity index (χ2n) is 21.0. The first-order valence-electron chi connectivity index (χ1n) is 22.3. The van der Waals surface area contributed by atoms with E-state index in [9.17, 15) is 35.7 Å². The van der Waals surface area contributed by atoms with Crippen LogP contribution in [-0.2, 0) is 14.2 Å². The number of aliphatic hydroxyl groups excluding tert-OH is 11. The molecule has 10 atom stereocenters. The van der Waals surface area contributed by atoms with Crippen molar-refractivity contribution in [2.24, 2.45) is 0 Å². The molecule has 19 heteroatoms. The summed E-state index contributed by atoms with van der Waals surface area (Å²) in [5.41, 5.74) is 0. The van der Waals surface area contributed by atoms with E-state index in [1.165, 1.54) is 42.7 Å². The molecule has 0 aromatic carbocycles. The van der Waals surface area contributed by atoms with E-state index in [1.807, 2.05) is 6.92 Å². The van der Waals surface area contributed by atoms with Crippen LogP contribution in [0.3, 0.4) is 0 Å². The van der Waals surface area contributed by atoms with E-state index in [-0.39, 0.29) is 19.7 Å². The largest absolute Gasteiger partial charge is 0.394 e. The SMILES string of the molecule is CCCC(O)C(O)C(O)C(O)CO.CN(CC(O)COCCC[Si](C)(C)CC[Si](C)(C)C)CC(O)C(O)C(O)C(O)CO.C[Si](C)(C)CC[Si](C)(C)CCCOCC1CO1. The normalized spacial score (nSPS) is 19.5. The summed E-state index contributed by atoms with van der Waals surface area (Å²) in [5, 5.41) is 103. The number of likely N-dealkylation sites (N-methyl/N-ethyl adjacent to an activating group) is 1. The van der Waals surface area contributed by atoms with E-state index < -0.39 is 100 Å². The molecule has 15 nitrogen and oxygen atoms in total. The molecule has 0 aromatic rings. The molecule has 0 spiro atoms. The van der Waals surface area contributed by atoms with Gasteiger partial charge in [0.25, 0.3) is 0 Å². The average molecular weight is 939 g/mol. The number of rotatable bonds is 32. The molecule has 1 saturated heterocycles. The van der Waals surface area contributed by atoms with Crippen molar-refractivity contribution in [2.45, 2.75) is 195 Å². The molecular weight excluding hydrogens is 843 g/mol. The van der Waals surface area contributed by atoms with Gasteiger partial charge in [-0.05, 0) is 26.3 Å². The van der Waals surface area contributed by atoms with E-state index >= 15 is 0 Å². The van der Waals surface area contributed by atoms with Crippen molar-refractivity contribution >= 4 is 32.3 Å². The van der Waals surface area contributed by atoms with Crippen LogP contribution < -0.4 is 0 Å². The lowest BCUT2D eigenvalue weighted by atomic mass is 10.0. The van der Waals surface area contributed by atoms with Gasteiger partial charge in [-0.3, -0.25) is 0 Å². The Bertz CT molecular complexity index is 1040. The highest BCUT2D eigenvalue weighted by atomic mass is 28.3. The van der Waals surface area contributed by atoms with Crippen LogP contribution in [0, 0.1) is 0 Å². The van der Waals surface area contributed by atoms with Crippen LogP contribution in [0.2, 0.25) is 102 Å². The smallest absolute Gasteiger partial charge is 0.111 e. The molecule has 1 heterocycles. The fourth-order valence-corrected chi connectivity index (χ4v) is 20.2. The van der Waals surface area contributed by atoms with Crippen LogP contribution in [-0.4, -0.2) is 221 Å². The predicted molar refractivity (Wildman–Crippen MR) is 252 cm³/mol. The molecule has 0 saturated carbocycles. The fraction of sp³-hybridized carbons (Fsp3) is 1.00. The van der Waals surface area contributed by atoms with Gasteiger partial charge >= 0.3 is 0 Å². The molecule has 364 valence electrons. The summed E-state index contributed by atoms with van der Waals surface area (Å²) in [5.74, 6) is 0. The number of aliphatic hydroxyl groups is 11. The Kier molecular flexibility index (Phi) is 33.3. The van der Waals surface area contributed by atoms with Gasteiger partial charge in [0, 0.05) is 58.6 Å². The van der Waals surface area contributed by atoms with Crippen LogP contribution in [0.1, 0.15) is 32.6 Å². The molecule has 1 fully saturated rings. The highest BCUT2D eigenvalue weighted by molar-refractivity contribution is 6.82. The van der Waals surface area contributed by atoms with Gasteiger partial charge in [-0.15, -0.1) is 0 Å². The lowest BCUT2D eigenvalue weighted by Gasteiger charge is -2.29. The van der Waals surface area contributed by atoms with Gasteiger partial charge in [0.1, 0.15) is 42.7 Å². The summed E-state index contributed by atoms with van der Waals surface area (Å²) in [6, 6.07) is 8.41. The monoisotopic (exact) mass is 938 g/mol. The van der Waals surface area contributed by atoms with Crippen molar-refractivity contribution in [1.82, 2.24) is 4.90 Å². The van der Waals surface area contributed by atoms with Crippen molar-refractivity contribution in [3.63, 3.8) is 0 Å². The van der Waals surface area contributed by atoms with Gasteiger partial charge in [-0.2, -0.15) is 0 Å². The van der Waals surface area contributed by atoms with Gasteiger partial charge in [-0.25, -0.2) is 0 Å². The zero-order chi connectivity index (χ0) is 46.9. The Balaban J connectivity index is 0. The van der Waals surface area contributed by atoms with E-state index in [4.69, 9.17) is 34.6 Å². The number of hydrogen-bond donors (Lipinski definition) is 11. The molecular formula is C41H95NO14Si4. The second-order valence-corrected chi connectivity index (χ2v) is 42.9. The van der Waals surface area contributed by atoms with Crippen molar-refractivity contribution in [2.75, 3.05) is 66.4 Å². The maximum absolute atomic E-state index is 10.1. The van der Waals surface area contributed by atoms with Gasteiger partial charge in [0.2, 0.25) is 0 Å². The van der Waals surface area contributed by atoms with Gasteiger partial charge in [0.05, 0.1) is 51.3 Å². The summed E-state index contributed by atoms with van der Waals surface area (Å²) in [4.78, 5) is 1.62. The van der Waals surface area contributed by atoms with Crippen LogP contribution in [0.25, 0.3) is 0 Å². The Morgan fingerprint density at radius 2 is 0.967 bits per heavy atom. The summed E-state index contributed by atoms with van der Waals surface area (Å²) in [6.07, 6.45) is -8.56. The minimum absolute atomic E-state index is 0.00961. The van der Waals surface area contributed by atoms with Crippen LogP contribution >= 0.6 is 0 Å². The topological polar surface area (TPSA) is 257 Å². The quantitative estimate of drug-likeness (QED) is 0.0263. The Hall–Kier alpha value is 0.268. The first kappa shape index (κ1) is 62.4. The lowest BCUT2D eigenvalue weighted by molar-refractivity contribution is -0.119. The van der Waals surface area contributed by atoms with E-state index in [1.54, 1.807) is 11.9 Å². The molecule has 0 radical (unpaired) electrons. The molecule has 0 aliphatic carbocycles. The first-order valence-corrected chi connectivity index (χ1v) is 36.6. The number of hydrogen-bond acceptors (Lipinski definition) is 15. The second kappa shape index (κ2) is 32.0. The zero-order valence-electron chi connectivity index (χ0n) is 39.8. The summed E-state index contributed by atoms with van der Waals surface area (Å²) in [6.45, 7) is 28.8. The highest BCUT2D eigenvalue weighted by Crippen LogP contribution is 2.25. The maximum Gasteiger partial charge on any atom is 0.111 e. The highest BCUT2D eigenvalue weighted by Gasteiger charge is 2.32. The minimum Gasteiger partial charge on any atom is -0.394 e. The van der Waals surface area contributed by atoms with E-state index in [0.717, 1.165) is 26.2 Å². The van der Waals surface area contributed by atoms with E-state index in [2.05, 4.69) is 65.5 Å². The summed E-state index contributed by atoms with van der Waals surface area (Å²) < 4.78 is 16.3. The zero-order valence-corrected chi connectivity index (χ0v) is 43.8. The Labute approximate surface area is 368 Å². The third kappa shape index (κ3) is 34.6. The third-order valence-corrected chi connectivity index (χ3v) is 21.8. The number of epoxide rings is 1. The van der Waals surface area contributed by atoms with Crippen LogP contribution in [0.4, 0.5) is 0 Å². The first-order chi connectivity index (χ1) is 27.5. The average Bonchev–Trinajstić information content (AvgIpc) is 3.98. The molecule has 60 heavy (non-hydrogen) atoms. The number of nitrogens with zero attached hydrogens (tertiary/aromatic N) is 1. The fourth-order valence-electron chi connectivity index (χ4n) is 6.09. The van der Waals surface area contributed by atoms with Crippen molar-refractivity contribution in [1.29, 1.82) is 0 Å². The Morgan fingerprint density at radius 3 is 1.35 bits per heavy atom. The molecule has 0 bridgehead atoms. The van der Waals surface area contributed by atoms with Gasteiger partial charge in [-0.1, -0.05) is 115 Å². The van der Waals surface area contributed by atoms with E-state index in [0.29, 0.717) is 25.6 Å². The standard InChI is InChI=1S/C20H47NO7Si2.C13H30O2Si2.C8H18O5/c1-21(13-17(24)19(26)20(27)18(25)14-22)12-16(23)15-28-8-7-9-30(5,6)11-10-29(2,3)4;1-16(2,3)9-10-17(4,5)8-6-7-14-11-13-12-15-13;1-2-3-5(10)7(12)8(13)6(11)4-9/h16-20,22-27H,7-15H2,1-6H3;13H,6-12H2,1-5H3;5-13H,2-4H2,1H3. The minimum atomic E-state index is -1.65. The van der Waals surface area contributed by atoms with Crippen molar-refractivity contribution < 1.29 is 70.4 Å². The summed E-state index contributed by atoms with van der Waals surface area (Å²) in [7, 11) is -2.30. The van der Waals surface area contributed by atoms with Gasteiger partial charge < -0.3 is 75.3 Å². The molecule has 10 unspecified atom stereocenters. The summed E-state index contributed by atoms with van der Waals surface area (Å²) >= 11 is 0. The van der Waals surface area contributed by atoms with Crippen LogP contribution in [0.15, 0.2) is 0 Å². The molecule has 11 N–H and O–H groups in total. The maximum atomic E-state index is 10.1. The molecule has 1 aliphatic heterocycles. The predicted octanol–water partition coefficient (Wildman–Crippen LogP) is 2.23. The molecule has 0 aromatic heterocycles. The molecule has 1 aliphatic rings. The number of ether oxygens (including phenoxy) is 3. The lowest BCUT2D eigenvalue weighted by Crippen LogP contribution is -2.50. The van der Waals surface area contributed by atoms with Crippen molar-refractivity contribution in [3.8, 4) is 0 Å². The molecule has 1 rings (SSSR count). The Morgan fingerprint density at radius 1 is 0.567 bits per heavy atom. The van der Waals surface area contributed by atoms with Crippen LogP contribution in [0.5, 0.6) is 0 Å².